The number of hydrogen-bond donors (Lipinski definition) is 1. The highest BCUT2D eigenvalue weighted by atomic mass is 32.2. The summed E-state index contributed by atoms with van der Waals surface area (Å²) in [6.45, 7) is 2.03. The number of rotatable bonds is 3. The number of nitrogens with zero attached hydrogens (tertiary/aromatic N) is 1. The van der Waals surface area contributed by atoms with E-state index in [0.717, 1.165) is 11.1 Å². The second-order valence-corrected chi connectivity index (χ2v) is 6.60. The molecule has 2 aromatic rings. The number of nitrogens with two attached hydrogens (primary N) is 1. The fourth-order valence-corrected chi connectivity index (χ4v) is 3.85. The van der Waals surface area contributed by atoms with Crippen molar-refractivity contribution in [1.82, 2.24) is 4.90 Å². The van der Waals surface area contributed by atoms with Gasteiger partial charge >= 0.3 is 0 Å². The zero-order valence-corrected chi connectivity index (χ0v) is 13.7. The number of aryl methyl sites for hydroxylation is 1. The van der Waals surface area contributed by atoms with Crippen molar-refractivity contribution in [3.8, 4) is 11.1 Å². The molecule has 1 fully saturated rings. The average molecular weight is 326 g/mol. The average Bonchev–Trinajstić information content (AvgIpc) is 3.05. The van der Waals surface area contributed by atoms with E-state index in [0.29, 0.717) is 17.2 Å². The number of carbonyl (C=O) groups is 2. The van der Waals surface area contributed by atoms with Crippen molar-refractivity contribution in [1.29, 1.82) is 0 Å². The molecule has 1 aliphatic heterocycles. The van der Waals surface area contributed by atoms with E-state index >= 15 is 0 Å². The zero-order chi connectivity index (χ0) is 16.4. The summed E-state index contributed by atoms with van der Waals surface area (Å²) in [6.07, 6.45) is 0. The van der Waals surface area contributed by atoms with E-state index in [9.17, 15) is 9.59 Å². The van der Waals surface area contributed by atoms with Crippen LogP contribution in [0.15, 0.2) is 48.5 Å². The monoisotopic (exact) mass is 326 g/mol. The molecule has 0 bridgehead atoms. The standard InChI is InChI=1S/C18H18N2O2S/c1-12-6-8-13(9-7-12)14-4-2-3-5-15(14)18(22)20-11-23-10-16(20)17(19)21/h2-9,16H,10-11H2,1H3,(H2,19,21)/t16-/m0/s1. The van der Waals surface area contributed by atoms with Crippen molar-refractivity contribution >= 4 is 23.6 Å². The molecule has 0 saturated carbocycles. The van der Waals surface area contributed by atoms with Gasteiger partial charge in [-0.25, -0.2) is 0 Å². The topological polar surface area (TPSA) is 63.4 Å². The molecule has 2 N–H and O–H groups in total. The van der Waals surface area contributed by atoms with Crippen LogP contribution in [-0.2, 0) is 4.79 Å². The number of hydrogen-bond acceptors (Lipinski definition) is 3. The van der Waals surface area contributed by atoms with Gasteiger partial charge in [0.15, 0.2) is 0 Å². The first kappa shape index (κ1) is 15.6. The molecular formula is C18H18N2O2S. The minimum atomic E-state index is -0.529. The van der Waals surface area contributed by atoms with Crippen molar-refractivity contribution in [3.05, 3.63) is 59.7 Å². The van der Waals surface area contributed by atoms with E-state index in [-0.39, 0.29) is 5.91 Å². The summed E-state index contributed by atoms with van der Waals surface area (Å²) in [5.41, 5.74) is 9.06. The third kappa shape index (κ3) is 3.10. The Morgan fingerprint density at radius 1 is 1.13 bits per heavy atom. The molecule has 1 heterocycles. The molecular weight excluding hydrogens is 308 g/mol. The Hall–Kier alpha value is -2.27. The first-order chi connectivity index (χ1) is 11.1. The van der Waals surface area contributed by atoms with Crippen molar-refractivity contribution < 1.29 is 9.59 Å². The summed E-state index contributed by atoms with van der Waals surface area (Å²) in [4.78, 5) is 26.1. The van der Waals surface area contributed by atoms with Crippen LogP contribution < -0.4 is 5.73 Å². The number of carbonyl (C=O) groups excluding carboxylic acids is 2. The SMILES string of the molecule is Cc1ccc(-c2ccccc2C(=O)N2CSC[C@H]2C(N)=O)cc1. The van der Waals surface area contributed by atoms with Crippen molar-refractivity contribution in [3.63, 3.8) is 0 Å². The predicted octanol–water partition coefficient (Wildman–Crippen LogP) is 2.66. The van der Waals surface area contributed by atoms with Gasteiger partial charge in [-0.05, 0) is 24.1 Å². The van der Waals surface area contributed by atoms with Crippen LogP contribution in [0.5, 0.6) is 0 Å². The normalized spacial score (nSPS) is 17.3. The first-order valence-electron chi connectivity index (χ1n) is 7.42. The highest BCUT2D eigenvalue weighted by Crippen LogP contribution is 2.28. The van der Waals surface area contributed by atoms with Crippen LogP contribution >= 0.6 is 11.8 Å². The van der Waals surface area contributed by atoms with Crippen molar-refractivity contribution in [2.24, 2.45) is 5.73 Å². The second kappa shape index (κ2) is 6.46. The summed E-state index contributed by atoms with van der Waals surface area (Å²) < 4.78 is 0. The highest BCUT2D eigenvalue weighted by molar-refractivity contribution is 7.99. The molecule has 1 aliphatic rings. The Balaban J connectivity index is 1.98. The quantitative estimate of drug-likeness (QED) is 0.943. The fraction of sp³-hybridized carbons (Fsp3) is 0.222. The summed E-state index contributed by atoms with van der Waals surface area (Å²) in [5, 5.41) is 0. The van der Waals surface area contributed by atoms with Crippen LogP contribution in [0.3, 0.4) is 0 Å². The van der Waals surface area contributed by atoms with Crippen LogP contribution in [0.1, 0.15) is 15.9 Å². The van der Waals surface area contributed by atoms with Gasteiger partial charge in [-0.2, -0.15) is 0 Å². The van der Waals surface area contributed by atoms with Gasteiger partial charge in [-0.1, -0.05) is 48.0 Å². The van der Waals surface area contributed by atoms with Gasteiger partial charge in [0.05, 0.1) is 5.88 Å². The Morgan fingerprint density at radius 2 is 1.83 bits per heavy atom. The van der Waals surface area contributed by atoms with E-state index in [1.54, 1.807) is 22.7 Å². The van der Waals surface area contributed by atoms with Gasteiger partial charge in [0.1, 0.15) is 6.04 Å². The Kier molecular flexibility index (Phi) is 4.39. The number of benzene rings is 2. The van der Waals surface area contributed by atoms with Gasteiger partial charge in [-0.3, -0.25) is 9.59 Å². The Morgan fingerprint density at radius 3 is 2.52 bits per heavy atom. The predicted molar refractivity (Wildman–Crippen MR) is 93.1 cm³/mol. The van der Waals surface area contributed by atoms with E-state index < -0.39 is 11.9 Å². The van der Waals surface area contributed by atoms with Gasteiger partial charge < -0.3 is 10.6 Å². The molecule has 1 saturated heterocycles. The molecule has 0 aliphatic carbocycles. The summed E-state index contributed by atoms with van der Waals surface area (Å²) in [6, 6.07) is 15.0. The molecule has 118 valence electrons. The maximum atomic E-state index is 12.9. The summed E-state index contributed by atoms with van der Waals surface area (Å²) in [5.74, 6) is 0.466. The lowest BCUT2D eigenvalue weighted by Gasteiger charge is -2.22. The highest BCUT2D eigenvalue weighted by Gasteiger charge is 2.34. The fourth-order valence-electron chi connectivity index (χ4n) is 2.69. The van der Waals surface area contributed by atoms with Crippen LogP contribution in [-0.4, -0.2) is 34.4 Å². The molecule has 0 radical (unpaired) electrons. The summed E-state index contributed by atoms with van der Waals surface area (Å²) >= 11 is 1.55. The maximum absolute atomic E-state index is 12.9. The zero-order valence-electron chi connectivity index (χ0n) is 12.9. The Bertz CT molecular complexity index is 743. The molecule has 2 amide bonds. The van der Waals surface area contributed by atoms with Gasteiger partial charge in [0.2, 0.25) is 5.91 Å². The van der Waals surface area contributed by atoms with E-state index in [1.165, 1.54) is 5.56 Å². The largest absolute Gasteiger partial charge is 0.368 e. The van der Waals surface area contributed by atoms with Gasteiger partial charge in [0, 0.05) is 11.3 Å². The molecule has 1 atom stereocenters. The molecule has 2 aromatic carbocycles. The maximum Gasteiger partial charge on any atom is 0.255 e. The third-order valence-electron chi connectivity index (χ3n) is 3.99. The van der Waals surface area contributed by atoms with E-state index in [1.807, 2.05) is 49.4 Å². The lowest BCUT2D eigenvalue weighted by Crippen LogP contribution is -2.45. The third-order valence-corrected chi connectivity index (χ3v) is 5.00. The van der Waals surface area contributed by atoms with Gasteiger partial charge in [0.25, 0.3) is 5.91 Å². The summed E-state index contributed by atoms with van der Waals surface area (Å²) in [7, 11) is 0. The van der Waals surface area contributed by atoms with Crippen molar-refractivity contribution in [2.45, 2.75) is 13.0 Å². The minimum absolute atomic E-state index is 0.144. The van der Waals surface area contributed by atoms with E-state index in [2.05, 4.69) is 0 Å². The number of primary amides is 1. The molecule has 3 rings (SSSR count). The lowest BCUT2D eigenvalue weighted by atomic mass is 9.98. The molecule has 0 aromatic heterocycles. The molecule has 5 heteroatoms. The van der Waals surface area contributed by atoms with Crippen molar-refractivity contribution in [2.75, 3.05) is 11.6 Å². The smallest absolute Gasteiger partial charge is 0.255 e. The second-order valence-electron chi connectivity index (χ2n) is 5.60. The van der Waals surface area contributed by atoms with Gasteiger partial charge in [-0.15, -0.1) is 11.8 Å². The van der Waals surface area contributed by atoms with Crippen LogP contribution in [0, 0.1) is 6.92 Å². The molecule has 23 heavy (non-hydrogen) atoms. The Labute approximate surface area is 139 Å². The molecule has 4 nitrogen and oxygen atoms in total. The minimum Gasteiger partial charge on any atom is -0.368 e. The first-order valence-corrected chi connectivity index (χ1v) is 8.57. The molecule has 0 spiro atoms. The van der Waals surface area contributed by atoms with Crippen LogP contribution in [0.25, 0.3) is 11.1 Å². The van der Waals surface area contributed by atoms with E-state index in [4.69, 9.17) is 5.73 Å². The lowest BCUT2D eigenvalue weighted by molar-refractivity contribution is -0.121. The number of thioether (sulfide) groups is 1. The molecule has 0 unspecified atom stereocenters. The van der Waals surface area contributed by atoms with Crippen LogP contribution in [0.4, 0.5) is 0 Å². The number of amides is 2. The van der Waals surface area contributed by atoms with Crippen LogP contribution in [0.2, 0.25) is 0 Å².